The van der Waals surface area contributed by atoms with Gasteiger partial charge in [0.1, 0.15) is 0 Å². The van der Waals surface area contributed by atoms with Crippen LogP contribution in [0, 0.1) is 29.1 Å². The molecule has 0 fully saturated rings. The first kappa shape index (κ1) is 14.9. The SMILES string of the molecule is O=C(Oc1c(F)c(F)c(F)c(F)c1F)c1ccc2[nH]cnc2c1. The average Bonchev–Trinajstić information content (AvgIpc) is 3.02. The van der Waals surface area contributed by atoms with Gasteiger partial charge in [-0.2, -0.15) is 8.78 Å². The van der Waals surface area contributed by atoms with Crippen molar-refractivity contribution in [3.63, 3.8) is 0 Å². The number of benzene rings is 2. The molecule has 4 nitrogen and oxygen atoms in total. The summed E-state index contributed by atoms with van der Waals surface area (Å²) in [6, 6.07) is 3.92. The Balaban J connectivity index is 2.00. The highest BCUT2D eigenvalue weighted by Crippen LogP contribution is 2.29. The van der Waals surface area contributed by atoms with E-state index in [1.54, 1.807) is 0 Å². The molecule has 0 atom stereocenters. The third-order valence-corrected chi connectivity index (χ3v) is 3.02. The third kappa shape index (κ3) is 2.39. The fraction of sp³-hybridized carbons (Fsp3) is 0. The third-order valence-electron chi connectivity index (χ3n) is 3.02. The number of imidazole rings is 1. The molecule has 23 heavy (non-hydrogen) atoms. The number of ether oxygens (including phenoxy) is 1. The number of hydrogen-bond acceptors (Lipinski definition) is 3. The zero-order valence-corrected chi connectivity index (χ0v) is 11.0. The lowest BCUT2D eigenvalue weighted by Crippen LogP contribution is -2.13. The minimum Gasteiger partial charge on any atom is -0.416 e. The summed E-state index contributed by atoms with van der Waals surface area (Å²) in [6.07, 6.45) is 1.35. The second kappa shape index (κ2) is 5.34. The molecule has 3 aromatic rings. The molecule has 118 valence electrons. The first-order valence-electron chi connectivity index (χ1n) is 6.07. The Kier molecular flexibility index (Phi) is 3.47. The van der Waals surface area contributed by atoms with E-state index in [1.165, 1.54) is 24.5 Å². The van der Waals surface area contributed by atoms with E-state index in [9.17, 15) is 26.7 Å². The van der Waals surface area contributed by atoms with Crippen LogP contribution in [0.1, 0.15) is 10.4 Å². The van der Waals surface area contributed by atoms with E-state index in [4.69, 9.17) is 0 Å². The van der Waals surface area contributed by atoms with Gasteiger partial charge in [0.25, 0.3) is 0 Å². The fourth-order valence-corrected chi connectivity index (χ4v) is 1.88. The summed E-state index contributed by atoms with van der Waals surface area (Å²) < 4.78 is 70.3. The number of hydrogen-bond donors (Lipinski definition) is 1. The molecular weight excluding hydrogens is 323 g/mol. The number of H-pyrrole nitrogens is 1. The Morgan fingerprint density at radius 3 is 2.22 bits per heavy atom. The van der Waals surface area contributed by atoms with Crippen molar-refractivity contribution in [2.75, 3.05) is 0 Å². The van der Waals surface area contributed by atoms with Gasteiger partial charge >= 0.3 is 5.97 Å². The van der Waals surface area contributed by atoms with Crippen molar-refractivity contribution < 1.29 is 31.5 Å². The summed E-state index contributed by atoms with van der Waals surface area (Å²) >= 11 is 0. The second-order valence-electron chi connectivity index (χ2n) is 4.42. The Hall–Kier alpha value is -2.97. The number of halogens is 5. The number of esters is 1. The normalized spacial score (nSPS) is 11.0. The summed E-state index contributed by atoms with van der Waals surface area (Å²) in [7, 11) is 0. The van der Waals surface area contributed by atoms with E-state index in [-0.39, 0.29) is 5.56 Å². The topological polar surface area (TPSA) is 55.0 Å². The van der Waals surface area contributed by atoms with Crippen LogP contribution in [0.5, 0.6) is 5.75 Å². The van der Waals surface area contributed by atoms with Gasteiger partial charge < -0.3 is 9.72 Å². The van der Waals surface area contributed by atoms with Crippen LogP contribution in [0.25, 0.3) is 11.0 Å². The maximum Gasteiger partial charge on any atom is 0.343 e. The Bertz CT molecular complexity index is 909. The van der Waals surface area contributed by atoms with E-state index < -0.39 is 40.8 Å². The highest BCUT2D eigenvalue weighted by molar-refractivity contribution is 5.94. The Morgan fingerprint density at radius 1 is 0.957 bits per heavy atom. The molecule has 1 N–H and O–H groups in total. The maximum atomic E-state index is 13.5. The quantitative estimate of drug-likeness (QED) is 0.258. The van der Waals surface area contributed by atoms with Gasteiger partial charge in [-0.1, -0.05) is 0 Å². The predicted molar refractivity (Wildman–Crippen MR) is 67.3 cm³/mol. The molecule has 9 heteroatoms. The van der Waals surface area contributed by atoms with Crippen molar-refractivity contribution in [1.82, 2.24) is 9.97 Å². The molecule has 1 aromatic heterocycles. The van der Waals surface area contributed by atoms with Crippen LogP contribution in [0.4, 0.5) is 22.0 Å². The monoisotopic (exact) mass is 328 g/mol. The maximum absolute atomic E-state index is 13.5. The van der Waals surface area contributed by atoms with Gasteiger partial charge in [-0.25, -0.2) is 22.9 Å². The molecule has 0 unspecified atom stereocenters. The van der Waals surface area contributed by atoms with E-state index in [0.717, 1.165) is 0 Å². The first-order chi connectivity index (χ1) is 10.9. The number of nitrogens with one attached hydrogen (secondary N) is 1. The summed E-state index contributed by atoms with van der Waals surface area (Å²) in [6.45, 7) is 0. The zero-order valence-electron chi connectivity index (χ0n) is 11.0. The molecule has 0 aliphatic heterocycles. The number of aromatic amines is 1. The van der Waals surface area contributed by atoms with Crippen LogP contribution in [0.15, 0.2) is 24.5 Å². The highest BCUT2D eigenvalue weighted by Gasteiger charge is 2.28. The van der Waals surface area contributed by atoms with Crippen LogP contribution in [0.2, 0.25) is 0 Å². The molecule has 0 saturated carbocycles. The van der Waals surface area contributed by atoms with Crippen LogP contribution < -0.4 is 4.74 Å². The summed E-state index contributed by atoms with van der Waals surface area (Å²) in [5, 5.41) is 0. The summed E-state index contributed by atoms with van der Waals surface area (Å²) in [5.74, 6) is -14.1. The lowest BCUT2D eigenvalue weighted by molar-refractivity contribution is 0.0716. The number of rotatable bonds is 2. The summed E-state index contributed by atoms with van der Waals surface area (Å²) in [5.41, 5.74) is 0.767. The van der Waals surface area contributed by atoms with Gasteiger partial charge in [-0.05, 0) is 18.2 Å². The van der Waals surface area contributed by atoms with Crippen LogP contribution in [-0.2, 0) is 0 Å². The van der Waals surface area contributed by atoms with E-state index >= 15 is 0 Å². The van der Waals surface area contributed by atoms with Crippen LogP contribution >= 0.6 is 0 Å². The van der Waals surface area contributed by atoms with Crippen LogP contribution in [0.3, 0.4) is 0 Å². The fourth-order valence-electron chi connectivity index (χ4n) is 1.88. The average molecular weight is 328 g/mol. The number of carbonyl (C=O) groups is 1. The first-order valence-corrected chi connectivity index (χ1v) is 6.07. The zero-order chi connectivity index (χ0) is 16.7. The van der Waals surface area contributed by atoms with Crippen molar-refractivity contribution in [3.05, 3.63) is 59.2 Å². The van der Waals surface area contributed by atoms with Crippen LogP contribution in [-0.4, -0.2) is 15.9 Å². The molecule has 3 rings (SSSR count). The van der Waals surface area contributed by atoms with E-state index in [0.29, 0.717) is 11.0 Å². The molecule has 0 aliphatic rings. The molecule has 0 aliphatic carbocycles. The van der Waals surface area contributed by atoms with Crippen molar-refractivity contribution in [2.45, 2.75) is 0 Å². The molecule has 0 radical (unpaired) electrons. The lowest BCUT2D eigenvalue weighted by atomic mass is 10.2. The summed E-state index contributed by atoms with van der Waals surface area (Å²) in [4.78, 5) is 18.5. The van der Waals surface area contributed by atoms with Crippen molar-refractivity contribution >= 4 is 17.0 Å². The predicted octanol–water partition coefficient (Wildman–Crippen LogP) is 3.48. The standard InChI is InChI=1S/C14H5F5N2O2/c15-8-9(16)11(18)13(12(19)10(8)17)23-14(22)5-1-2-6-7(3-5)21-4-20-6/h1-4H,(H,20,21). The van der Waals surface area contributed by atoms with Crippen molar-refractivity contribution in [3.8, 4) is 5.75 Å². The molecular formula is C14H5F5N2O2. The van der Waals surface area contributed by atoms with E-state index in [1.807, 2.05) is 0 Å². The van der Waals surface area contributed by atoms with Gasteiger partial charge in [-0.3, -0.25) is 0 Å². The minimum atomic E-state index is -2.34. The highest BCUT2D eigenvalue weighted by atomic mass is 19.2. The molecule has 1 heterocycles. The van der Waals surface area contributed by atoms with E-state index in [2.05, 4.69) is 14.7 Å². The van der Waals surface area contributed by atoms with Gasteiger partial charge in [0, 0.05) is 0 Å². The molecule has 0 saturated heterocycles. The van der Waals surface area contributed by atoms with Crippen molar-refractivity contribution in [2.24, 2.45) is 0 Å². The number of aromatic nitrogens is 2. The van der Waals surface area contributed by atoms with Gasteiger partial charge in [0.2, 0.25) is 34.8 Å². The molecule has 0 amide bonds. The number of fused-ring (bicyclic) bond motifs is 1. The number of carbonyl (C=O) groups excluding carboxylic acids is 1. The Labute approximate surface area is 124 Å². The molecule has 0 bridgehead atoms. The second-order valence-corrected chi connectivity index (χ2v) is 4.42. The molecule has 0 spiro atoms. The lowest BCUT2D eigenvalue weighted by Gasteiger charge is -2.08. The largest absolute Gasteiger partial charge is 0.416 e. The van der Waals surface area contributed by atoms with Gasteiger partial charge in [0.05, 0.1) is 22.9 Å². The van der Waals surface area contributed by atoms with Gasteiger partial charge in [-0.15, -0.1) is 0 Å². The Morgan fingerprint density at radius 2 is 1.57 bits per heavy atom. The minimum absolute atomic E-state index is 0.173. The molecule has 2 aromatic carbocycles. The van der Waals surface area contributed by atoms with Crippen molar-refractivity contribution in [1.29, 1.82) is 0 Å². The number of nitrogens with zero attached hydrogens (tertiary/aromatic N) is 1. The van der Waals surface area contributed by atoms with Gasteiger partial charge in [0.15, 0.2) is 0 Å². The smallest absolute Gasteiger partial charge is 0.343 e.